The number of nitrogens with one attached hydrogen (secondary N) is 3. The Morgan fingerprint density at radius 3 is 2.47 bits per heavy atom. The van der Waals surface area contributed by atoms with E-state index in [2.05, 4.69) is 20.9 Å². The van der Waals surface area contributed by atoms with Gasteiger partial charge in [-0.3, -0.25) is 9.78 Å². The lowest BCUT2D eigenvalue weighted by atomic mass is 10.2. The number of carbonyl (C=O) groups excluding carboxylic acids is 2. The topological polar surface area (TPSA) is 83.1 Å². The normalized spacial score (nSPS) is 10.5. The zero-order valence-corrected chi connectivity index (χ0v) is 17.7. The van der Waals surface area contributed by atoms with Crippen molar-refractivity contribution in [1.29, 1.82) is 0 Å². The summed E-state index contributed by atoms with van der Waals surface area (Å²) in [6, 6.07) is 18.2. The first kappa shape index (κ1) is 21.4. The van der Waals surface area contributed by atoms with Gasteiger partial charge in [-0.2, -0.15) is 0 Å². The second-order valence-corrected chi connectivity index (χ2v) is 8.01. The zero-order chi connectivity index (χ0) is 21.3. The van der Waals surface area contributed by atoms with Gasteiger partial charge in [0.15, 0.2) is 0 Å². The number of thioether (sulfide) groups is 1. The molecule has 2 aromatic carbocycles. The molecule has 0 atom stereocenters. The van der Waals surface area contributed by atoms with E-state index in [0.717, 1.165) is 16.2 Å². The van der Waals surface area contributed by atoms with E-state index in [1.165, 1.54) is 0 Å². The standard InChI is InChI=1S/C23H24N4O2S/c1-16(2)25-23(29)27-20-7-3-6-18(13-20)22(28)26-19-8-10-21(11-9-19)30-15-17-5-4-12-24-14-17/h3-14,16H,15H2,1-2H3,(H,26,28)(H2,25,27,29). The van der Waals surface area contributed by atoms with Crippen LogP contribution in [0.25, 0.3) is 0 Å². The van der Waals surface area contributed by atoms with Gasteiger partial charge < -0.3 is 16.0 Å². The lowest BCUT2D eigenvalue weighted by molar-refractivity contribution is 0.102. The van der Waals surface area contributed by atoms with Gasteiger partial charge in [0, 0.05) is 46.0 Å². The van der Waals surface area contributed by atoms with Gasteiger partial charge in [0.1, 0.15) is 0 Å². The molecule has 0 saturated carbocycles. The molecule has 1 heterocycles. The lowest BCUT2D eigenvalue weighted by Gasteiger charge is -2.11. The van der Waals surface area contributed by atoms with Crippen LogP contribution in [-0.4, -0.2) is 23.0 Å². The van der Waals surface area contributed by atoms with Crippen LogP contribution in [0.5, 0.6) is 0 Å². The van der Waals surface area contributed by atoms with Gasteiger partial charge in [0.2, 0.25) is 0 Å². The fourth-order valence-corrected chi connectivity index (χ4v) is 3.49. The van der Waals surface area contributed by atoms with Crippen molar-refractivity contribution in [3.05, 3.63) is 84.2 Å². The number of amides is 3. The zero-order valence-electron chi connectivity index (χ0n) is 16.9. The molecule has 6 nitrogen and oxygen atoms in total. The smallest absolute Gasteiger partial charge is 0.319 e. The van der Waals surface area contributed by atoms with Crippen molar-refractivity contribution < 1.29 is 9.59 Å². The molecule has 0 unspecified atom stereocenters. The van der Waals surface area contributed by atoms with Crippen molar-refractivity contribution in [2.45, 2.75) is 30.5 Å². The van der Waals surface area contributed by atoms with Crippen LogP contribution in [0.1, 0.15) is 29.8 Å². The second-order valence-electron chi connectivity index (χ2n) is 6.96. The number of anilines is 2. The number of benzene rings is 2. The van der Waals surface area contributed by atoms with Crippen molar-refractivity contribution in [1.82, 2.24) is 10.3 Å². The molecule has 7 heteroatoms. The first-order valence-corrected chi connectivity index (χ1v) is 10.6. The molecule has 0 spiro atoms. The number of rotatable bonds is 7. The van der Waals surface area contributed by atoms with Crippen LogP contribution in [0.3, 0.4) is 0 Å². The highest BCUT2D eigenvalue weighted by Crippen LogP contribution is 2.24. The molecule has 3 N–H and O–H groups in total. The average Bonchev–Trinajstić information content (AvgIpc) is 2.73. The summed E-state index contributed by atoms with van der Waals surface area (Å²) in [4.78, 5) is 29.6. The number of urea groups is 1. The number of hydrogen-bond acceptors (Lipinski definition) is 4. The largest absolute Gasteiger partial charge is 0.336 e. The van der Waals surface area contributed by atoms with E-state index in [1.807, 2.05) is 56.4 Å². The third kappa shape index (κ3) is 6.63. The van der Waals surface area contributed by atoms with Crippen molar-refractivity contribution >= 4 is 35.1 Å². The van der Waals surface area contributed by atoms with E-state index in [9.17, 15) is 9.59 Å². The van der Waals surface area contributed by atoms with Gasteiger partial charge in [-0.1, -0.05) is 12.1 Å². The maximum Gasteiger partial charge on any atom is 0.319 e. The van der Waals surface area contributed by atoms with Crippen molar-refractivity contribution in [3.63, 3.8) is 0 Å². The van der Waals surface area contributed by atoms with E-state index >= 15 is 0 Å². The van der Waals surface area contributed by atoms with E-state index in [4.69, 9.17) is 0 Å². The summed E-state index contributed by atoms with van der Waals surface area (Å²) in [5.74, 6) is 0.600. The summed E-state index contributed by atoms with van der Waals surface area (Å²) in [5, 5.41) is 8.37. The van der Waals surface area contributed by atoms with Crippen molar-refractivity contribution in [3.8, 4) is 0 Å². The monoisotopic (exact) mass is 420 g/mol. The van der Waals surface area contributed by atoms with Gasteiger partial charge in [-0.25, -0.2) is 4.79 Å². The number of hydrogen-bond donors (Lipinski definition) is 3. The van der Waals surface area contributed by atoms with Crippen LogP contribution < -0.4 is 16.0 Å². The summed E-state index contributed by atoms with van der Waals surface area (Å²) in [6.45, 7) is 3.76. The molecule has 30 heavy (non-hydrogen) atoms. The number of aromatic nitrogens is 1. The summed E-state index contributed by atoms with van der Waals surface area (Å²) in [7, 11) is 0. The van der Waals surface area contributed by atoms with Gasteiger partial charge in [0.05, 0.1) is 0 Å². The first-order chi connectivity index (χ1) is 14.5. The second kappa shape index (κ2) is 10.5. The molecule has 3 amide bonds. The highest BCUT2D eigenvalue weighted by molar-refractivity contribution is 7.98. The molecular formula is C23H24N4O2S. The highest BCUT2D eigenvalue weighted by atomic mass is 32.2. The fourth-order valence-electron chi connectivity index (χ4n) is 2.66. The lowest BCUT2D eigenvalue weighted by Crippen LogP contribution is -2.34. The molecular weight excluding hydrogens is 396 g/mol. The van der Waals surface area contributed by atoms with Crippen LogP contribution in [0.2, 0.25) is 0 Å². The van der Waals surface area contributed by atoms with Crippen molar-refractivity contribution in [2.75, 3.05) is 10.6 Å². The van der Waals surface area contributed by atoms with Crippen LogP contribution in [0.4, 0.5) is 16.2 Å². The molecule has 0 bridgehead atoms. The van der Waals surface area contributed by atoms with Crippen LogP contribution >= 0.6 is 11.8 Å². The average molecular weight is 421 g/mol. The molecule has 0 aliphatic heterocycles. The Balaban J connectivity index is 1.56. The van der Waals surface area contributed by atoms with Crippen LogP contribution in [-0.2, 0) is 5.75 Å². The molecule has 0 radical (unpaired) electrons. The first-order valence-electron chi connectivity index (χ1n) is 9.60. The quantitative estimate of drug-likeness (QED) is 0.461. The molecule has 1 aromatic heterocycles. The SMILES string of the molecule is CC(C)NC(=O)Nc1cccc(C(=O)Nc2ccc(SCc3cccnc3)cc2)c1. The van der Waals surface area contributed by atoms with Crippen LogP contribution in [0, 0.1) is 0 Å². The minimum atomic E-state index is -0.304. The summed E-state index contributed by atoms with van der Waals surface area (Å²) < 4.78 is 0. The Morgan fingerprint density at radius 2 is 1.77 bits per heavy atom. The van der Waals surface area contributed by atoms with E-state index in [1.54, 1.807) is 42.2 Å². The van der Waals surface area contributed by atoms with Gasteiger partial charge in [-0.15, -0.1) is 11.8 Å². The van der Waals surface area contributed by atoms with E-state index in [0.29, 0.717) is 16.9 Å². The Kier molecular flexibility index (Phi) is 7.45. The molecule has 3 rings (SSSR count). The molecule has 0 saturated heterocycles. The summed E-state index contributed by atoms with van der Waals surface area (Å²) in [5.41, 5.74) is 2.90. The maximum atomic E-state index is 12.6. The maximum absolute atomic E-state index is 12.6. The predicted molar refractivity (Wildman–Crippen MR) is 122 cm³/mol. The van der Waals surface area contributed by atoms with Gasteiger partial charge in [0.25, 0.3) is 5.91 Å². The molecule has 3 aromatic rings. The Morgan fingerprint density at radius 1 is 0.967 bits per heavy atom. The van der Waals surface area contributed by atoms with Gasteiger partial charge >= 0.3 is 6.03 Å². The Labute approximate surface area is 180 Å². The number of pyridine rings is 1. The molecule has 154 valence electrons. The fraction of sp³-hybridized carbons (Fsp3) is 0.174. The molecule has 0 fully saturated rings. The number of carbonyl (C=O) groups is 2. The molecule has 0 aliphatic rings. The summed E-state index contributed by atoms with van der Waals surface area (Å²) >= 11 is 1.71. The minimum absolute atomic E-state index is 0.0296. The van der Waals surface area contributed by atoms with Gasteiger partial charge in [-0.05, 0) is 67.9 Å². The van der Waals surface area contributed by atoms with Crippen LogP contribution in [0.15, 0.2) is 78.0 Å². The summed E-state index contributed by atoms with van der Waals surface area (Å²) in [6.07, 6.45) is 3.62. The highest BCUT2D eigenvalue weighted by Gasteiger charge is 2.09. The van der Waals surface area contributed by atoms with E-state index in [-0.39, 0.29) is 18.0 Å². The van der Waals surface area contributed by atoms with Crippen molar-refractivity contribution in [2.24, 2.45) is 0 Å². The predicted octanol–water partition coefficient (Wildman–Crippen LogP) is 5.16. The minimum Gasteiger partial charge on any atom is -0.336 e. The third-order valence-electron chi connectivity index (χ3n) is 4.04. The Hall–Kier alpha value is -3.32. The Bertz CT molecular complexity index is 992. The van der Waals surface area contributed by atoms with E-state index < -0.39 is 0 Å². The number of nitrogens with zero attached hydrogens (tertiary/aromatic N) is 1. The molecule has 0 aliphatic carbocycles. The third-order valence-corrected chi connectivity index (χ3v) is 5.13.